The van der Waals surface area contributed by atoms with Gasteiger partial charge in [-0.15, -0.1) is 0 Å². The molecule has 1 aromatic carbocycles. The standard InChI is InChI=1S/C13H17BrO4S/c1-8(2)9(3)19(17,18)7-11-5-4-10(13(15)16)6-12(11)14/h4-6,8-9H,7H2,1-3H3,(H,15,16). The summed E-state index contributed by atoms with van der Waals surface area (Å²) in [5.74, 6) is -1.08. The lowest BCUT2D eigenvalue weighted by molar-refractivity contribution is 0.0697. The summed E-state index contributed by atoms with van der Waals surface area (Å²) in [4.78, 5) is 10.8. The quantitative estimate of drug-likeness (QED) is 0.887. The Morgan fingerprint density at radius 3 is 2.32 bits per heavy atom. The molecule has 0 aliphatic carbocycles. The van der Waals surface area contributed by atoms with Crippen LogP contribution < -0.4 is 0 Å². The van der Waals surface area contributed by atoms with Crippen LogP contribution in [0.4, 0.5) is 0 Å². The summed E-state index contributed by atoms with van der Waals surface area (Å²) in [6, 6.07) is 4.38. The van der Waals surface area contributed by atoms with Crippen molar-refractivity contribution >= 4 is 31.7 Å². The molecule has 19 heavy (non-hydrogen) atoms. The highest BCUT2D eigenvalue weighted by molar-refractivity contribution is 9.10. The highest BCUT2D eigenvalue weighted by atomic mass is 79.9. The van der Waals surface area contributed by atoms with Crippen LogP contribution in [0.15, 0.2) is 22.7 Å². The summed E-state index contributed by atoms with van der Waals surface area (Å²) in [6.45, 7) is 5.43. The van der Waals surface area contributed by atoms with E-state index in [1.165, 1.54) is 18.2 Å². The first-order valence-corrected chi connectivity index (χ1v) is 8.39. The van der Waals surface area contributed by atoms with Crippen LogP contribution in [-0.4, -0.2) is 24.7 Å². The molecule has 0 amide bonds. The smallest absolute Gasteiger partial charge is 0.335 e. The minimum atomic E-state index is -3.25. The van der Waals surface area contributed by atoms with Gasteiger partial charge in [0, 0.05) is 4.47 Å². The zero-order valence-electron chi connectivity index (χ0n) is 11.1. The molecular weight excluding hydrogens is 332 g/mol. The molecule has 0 aromatic heterocycles. The van der Waals surface area contributed by atoms with Gasteiger partial charge in [0.1, 0.15) is 0 Å². The van der Waals surface area contributed by atoms with E-state index in [2.05, 4.69) is 15.9 Å². The van der Waals surface area contributed by atoms with E-state index in [0.29, 0.717) is 10.0 Å². The van der Waals surface area contributed by atoms with E-state index in [0.717, 1.165) is 0 Å². The first-order chi connectivity index (χ1) is 8.65. The average Bonchev–Trinajstić information content (AvgIpc) is 2.30. The van der Waals surface area contributed by atoms with Gasteiger partial charge >= 0.3 is 5.97 Å². The van der Waals surface area contributed by atoms with Gasteiger partial charge in [-0.25, -0.2) is 13.2 Å². The van der Waals surface area contributed by atoms with E-state index in [1.54, 1.807) is 6.92 Å². The summed E-state index contributed by atoms with van der Waals surface area (Å²) < 4.78 is 24.9. The second-order valence-corrected chi connectivity index (χ2v) is 8.08. The topological polar surface area (TPSA) is 71.4 Å². The highest BCUT2D eigenvalue weighted by Gasteiger charge is 2.25. The number of hydrogen-bond acceptors (Lipinski definition) is 3. The Bertz CT molecular complexity index is 578. The number of benzene rings is 1. The molecule has 1 atom stereocenters. The predicted octanol–water partition coefficient (Wildman–Crippen LogP) is 3.11. The Morgan fingerprint density at radius 2 is 1.89 bits per heavy atom. The summed E-state index contributed by atoms with van der Waals surface area (Å²) in [5.41, 5.74) is 0.711. The van der Waals surface area contributed by atoms with Gasteiger partial charge in [0.15, 0.2) is 9.84 Å². The zero-order chi connectivity index (χ0) is 14.8. The molecule has 0 spiro atoms. The normalized spacial score (nSPS) is 13.5. The van der Waals surface area contributed by atoms with Gasteiger partial charge in [-0.05, 0) is 30.5 Å². The summed E-state index contributed by atoms with van der Waals surface area (Å²) in [7, 11) is -3.25. The van der Waals surface area contributed by atoms with Gasteiger partial charge in [-0.1, -0.05) is 35.8 Å². The van der Waals surface area contributed by atoms with Crippen LogP contribution in [0.1, 0.15) is 36.7 Å². The van der Waals surface area contributed by atoms with Gasteiger partial charge in [0.2, 0.25) is 0 Å². The molecule has 0 saturated heterocycles. The van der Waals surface area contributed by atoms with E-state index >= 15 is 0 Å². The Hall–Kier alpha value is -0.880. The van der Waals surface area contributed by atoms with Crippen LogP contribution in [0.3, 0.4) is 0 Å². The van der Waals surface area contributed by atoms with E-state index in [-0.39, 0.29) is 17.2 Å². The average molecular weight is 349 g/mol. The number of carboxylic acids is 1. The molecule has 0 bridgehead atoms. The zero-order valence-corrected chi connectivity index (χ0v) is 13.5. The molecule has 0 radical (unpaired) electrons. The first kappa shape index (κ1) is 16.2. The SMILES string of the molecule is CC(C)C(C)S(=O)(=O)Cc1ccc(C(=O)O)cc1Br. The van der Waals surface area contributed by atoms with Crippen molar-refractivity contribution in [2.24, 2.45) is 5.92 Å². The number of halogens is 1. The van der Waals surface area contributed by atoms with E-state index in [9.17, 15) is 13.2 Å². The Morgan fingerprint density at radius 1 is 1.32 bits per heavy atom. The molecule has 6 heteroatoms. The second-order valence-electron chi connectivity index (χ2n) is 4.87. The van der Waals surface area contributed by atoms with Gasteiger partial charge in [-0.2, -0.15) is 0 Å². The fraction of sp³-hybridized carbons (Fsp3) is 0.462. The molecule has 0 heterocycles. The van der Waals surface area contributed by atoms with Crippen molar-refractivity contribution in [3.05, 3.63) is 33.8 Å². The summed E-state index contributed by atoms with van der Waals surface area (Å²) in [6.07, 6.45) is 0. The van der Waals surface area contributed by atoms with Crippen molar-refractivity contribution in [1.29, 1.82) is 0 Å². The van der Waals surface area contributed by atoms with Gasteiger partial charge in [0.05, 0.1) is 16.6 Å². The molecule has 1 rings (SSSR count). The Kier molecular flexibility index (Phi) is 5.15. The molecular formula is C13H17BrO4S. The molecule has 0 aliphatic rings. The van der Waals surface area contributed by atoms with Crippen LogP contribution in [-0.2, 0) is 15.6 Å². The van der Waals surface area contributed by atoms with Crippen molar-refractivity contribution < 1.29 is 18.3 Å². The number of carboxylic acid groups (broad SMARTS) is 1. The van der Waals surface area contributed by atoms with Crippen LogP contribution in [0, 0.1) is 5.92 Å². The Balaban J connectivity index is 3.04. The van der Waals surface area contributed by atoms with Crippen LogP contribution >= 0.6 is 15.9 Å². The minimum absolute atomic E-state index is 0.0436. The number of rotatable bonds is 5. The van der Waals surface area contributed by atoms with Crippen LogP contribution in [0.25, 0.3) is 0 Å². The fourth-order valence-corrected chi connectivity index (χ4v) is 4.04. The monoisotopic (exact) mass is 348 g/mol. The molecule has 1 N–H and O–H groups in total. The van der Waals surface area contributed by atoms with Crippen molar-refractivity contribution in [1.82, 2.24) is 0 Å². The molecule has 0 aliphatic heterocycles. The summed E-state index contributed by atoms with van der Waals surface area (Å²) >= 11 is 3.23. The number of aromatic carboxylic acids is 1. The third-order valence-electron chi connectivity index (χ3n) is 3.16. The van der Waals surface area contributed by atoms with Gasteiger partial charge in [-0.3, -0.25) is 0 Å². The molecule has 0 saturated carbocycles. The lowest BCUT2D eigenvalue weighted by Gasteiger charge is -2.17. The van der Waals surface area contributed by atoms with Gasteiger partial charge < -0.3 is 5.11 Å². The van der Waals surface area contributed by atoms with Gasteiger partial charge in [0.25, 0.3) is 0 Å². The minimum Gasteiger partial charge on any atom is -0.478 e. The highest BCUT2D eigenvalue weighted by Crippen LogP contribution is 2.24. The molecule has 1 unspecified atom stereocenters. The predicted molar refractivity (Wildman–Crippen MR) is 78.0 cm³/mol. The number of carbonyl (C=O) groups is 1. The first-order valence-electron chi connectivity index (χ1n) is 5.88. The van der Waals surface area contributed by atoms with Crippen molar-refractivity contribution in [2.75, 3.05) is 0 Å². The van der Waals surface area contributed by atoms with Crippen molar-refractivity contribution in [2.45, 2.75) is 31.8 Å². The van der Waals surface area contributed by atoms with E-state index in [4.69, 9.17) is 5.11 Å². The maximum atomic E-state index is 12.2. The largest absolute Gasteiger partial charge is 0.478 e. The molecule has 1 aromatic rings. The van der Waals surface area contributed by atoms with Crippen molar-refractivity contribution in [3.8, 4) is 0 Å². The number of hydrogen-bond donors (Lipinski definition) is 1. The fourth-order valence-electron chi connectivity index (χ4n) is 1.56. The third kappa shape index (κ3) is 4.04. The number of sulfone groups is 1. The molecule has 106 valence electrons. The lowest BCUT2D eigenvalue weighted by atomic mass is 10.1. The van der Waals surface area contributed by atoms with Crippen LogP contribution in [0.2, 0.25) is 0 Å². The van der Waals surface area contributed by atoms with Crippen molar-refractivity contribution in [3.63, 3.8) is 0 Å². The van der Waals surface area contributed by atoms with E-state index in [1.807, 2.05) is 13.8 Å². The van der Waals surface area contributed by atoms with Crippen LogP contribution in [0.5, 0.6) is 0 Å². The summed E-state index contributed by atoms with van der Waals surface area (Å²) in [5, 5.41) is 8.42. The van der Waals surface area contributed by atoms with E-state index < -0.39 is 21.1 Å². The second kappa shape index (κ2) is 6.05. The lowest BCUT2D eigenvalue weighted by Crippen LogP contribution is -2.25. The third-order valence-corrected chi connectivity index (χ3v) is 6.29. The maximum Gasteiger partial charge on any atom is 0.335 e. The molecule has 4 nitrogen and oxygen atoms in total. The maximum absolute atomic E-state index is 12.2. The Labute approximate surface area is 121 Å². The molecule has 0 fully saturated rings.